The molecule has 0 atom stereocenters. The first-order chi connectivity index (χ1) is 9.43. The molecule has 20 heavy (non-hydrogen) atoms. The zero-order valence-electron chi connectivity index (χ0n) is 12.2. The topological polar surface area (TPSA) is 53.2 Å². The van der Waals surface area contributed by atoms with Gasteiger partial charge in [0.2, 0.25) is 0 Å². The van der Waals surface area contributed by atoms with Crippen LogP contribution in [-0.2, 0) is 0 Å². The number of anilines is 1. The van der Waals surface area contributed by atoms with E-state index >= 15 is 0 Å². The number of hydrogen-bond acceptors (Lipinski definition) is 2. The highest BCUT2D eigenvalue weighted by Crippen LogP contribution is 2.21. The van der Waals surface area contributed by atoms with E-state index in [4.69, 9.17) is 0 Å². The zero-order chi connectivity index (χ0) is 14.9. The molecule has 1 heterocycles. The van der Waals surface area contributed by atoms with Crippen LogP contribution in [0.4, 0.5) is 5.69 Å². The van der Waals surface area contributed by atoms with Gasteiger partial charge in [0.15, 0.2) is 5.78 Å². The number of para-hydroxylation sites is 1. The molecule has 0 unspecified atom stereocenters. The molecular weight excluding hydrogens is 252 g/mol. The molecule has 0 spiro atoms. The Hall–Kier alpha value is -2.36. The maximum Gasteiger partial charge on any atom is 0.274 e. The molecule has 1 amide bonds. The third-order valence-corrected chi connectivity index (χ3v) is 3.45. The number of carbonyl (C=O) groups excluding carboxylic acids is 2. The Morgan fingerprint density at radius 3 is 2.20 bits per heavy atom. The fourth-order valence-corrected chi connectivity index (χ4v) is 2.43. The van der Waals surface area contributed by atoms with Gasteiger partial charge in [-0.3, -0.25) is 9.59 Å². The largest absolute Gasteiger partial charge is 0.354 e. The Bertz CT molecular complexity index is 657. The first-order valence-electron chi connectivity index (χ1n) is 6.46. The van der Waals surface area contributed by atoms with E-state index in [-0.39, 0.29) is 11.7 Å². The van der Waals surface area contributed by atoms with Crippen LogP contribution < -0.4 is 4.90 Å². The summed E-state index contributed by atoms with van der Waals surface area (Å²) in [6, 6.07) is 9.41. The molecule has 0 bridgehead atoms. The first-order valence-corrected chi connectivity index (χ1v) is 6.46. The second-order valence-corrected chi connectivity index (χ2v) is 4.88. The number of ketones is 1. The summed E-state index contributed by atoms with van der Waals surface area (Å²) in [4.78, 5) is 28.8. The van der Waals surface area contributed by atoms with Crippen LogP contribution in [0.25, 0.3) is 0 Å². The van der Waals surface area contributed by atoms with Gasteiger partial charge in [0.1, 0.15) is 5.69 Å². The zero-order valence-corrected chi connectivity index (χ0v) is 12.2. The normalized spacial score (nSPS) is 10.4. The fraction of sp³-hybridized carbons (Fsp3) is 0.250. The lowest BCUT2D eigenvalue weighted by molar-refractivity contribution is 0.0987. The lowest BCUT2D eigenvalue weighted by Gasteiger charge is -2.17. The third-order valence-electron chi connectivity index (χ3n) is 3.45. The molecule has 0 aliphatic rings. The van der Waals surface area contributed by atoms with Crippen molar-refractivity contribution in [2.75, 3.05) is 11.9 Å². The number of Topliss-reactive ketones (excluding diaryl/α,β-unsaturated/α-hetero) is 1. The fourth-order valence-electron chi connectivity index (χ4n) is 2.43. The second-order valence-electron chi connectivity index (χ2n) is 4.88. The van der Waals surface area contributed by atoms with Crippen LogP contribution in [0.5, 0.6) is 0 Å². The summed E-state index contributed by atoms with van der Waals surface area (Å²) < 4.78 is 0. The Balaban J connectivity index is 2.40. The number of H-pyrrole nitrogens is 1. The number of aromatic amines is 1. The van der Waals surface area contributed by atoms with Gasteiger partial charge in [-0.1, -0.05) is 18.2 Å². The van der Waals surface area contributed by atoms with Crippen molar-refractivity contribution in [1.82, 2.24) is 4.98 Å². The highest BCUT2D eigenvalue weighted by molar-refractivity contribution is 6.08. The number of hydrogen-bond donors (Lipinski definition) is 1. The van der Waals surface area contributed by atoms with E-state index in [0.717, 1.165) is 11.4 Å². The Morgan fingerprint density at radius 2 is 1.70 bits per heavy atom. The van der Waals surface area contributed by atoms with Crippen molar-refractivity contribution in [3.05, 3.63) is 52.8 Å². The van der Waals surface area contributed by atoms with Gasteiger partial charge in [0.25, 0.3) is 5.91 Å². The molecule has 1 aromatic carbocycles. The van der Waals surface area contributed by atoms with E-state index in [1.54, 1.807) is 18.9 Å². The van der Waals surface area contributed by atoms with Crippen molar-refractivity contribution in [3.63, 3.8) is 0 Å². The van der Waals surface area contributed by atoms with Crippen molar-refractivity contribution in [3.8, 4) is 0 Å². The number of nitrogens with one attached hydrogen (secondary N) is 1. The van der Waals surface area contributed by atoms with Crippen molar-refractivity contribution in [1.29, 1.82) is 0 Å². The van der Waals surface area contributed by atoms with Crippen LogP contribution in [0.3, 0.4) is 0 Å². The lowest BCUT2D eigenvalue weighted by Crippen LogP contribution is -2.27. The molecule has 4 heteroatoms. The van der Waals surface area contributed by atoms with Crippen LogP contribution in [0.1, 0.15) is 39.0 Å². The molecule has 0 aliphatic carbocycles. The number of amides is 1. The van der Waals surface area contributed by atoms with Gasteiger partial charge in [-0.05, 0) is 38.5 Å². The first kappa shape index (κ1) is 14.1. The van der Waals surface area contributed by atoms with E-state index in [0.29, 0.717) is 16.8 Å². The maximum atomic E-state index is 12.5. The van der Waals surface area contributed by atoms with Gasteiger partial charge >= 0.3 is 0 Å². The Morgan fingerprint density at radius 1 is 1.10 bits per heavy atom. The standard InChI is InChI=1S/C16H18N2O2/c1-10-14(12(3)19)11(2)17-15(10)16(20)18(4)13-8-6-5-7-9-13/h5-9,17H,1-4H3. The highest BCUT2D eigenvalue weighted by atomic mass is 16.2. The van der Waals surface area contributed by atoms with Gasteiger partial charge in [-0.2, -0.15) is 0 Å². The van der Waals surface area contributed by atoms with E-state index in [9.17, 15) is 9.59 Å². The molecule has 2 rings (SSSR count). The lowest BCUT2D eigenvalue weighted by atomic mass is 10.1. The monoisotopic (exact) mass is 270 g/mol. The summed E-state index contributed by atoms with van der Waals surface area (Å²) in [5, 5.41) is 0. The van der Waals surface area contributed by atoms with Crippen LogP contribution >= 0.6 is 0 Å². The smallest absolute Gasteiger partial charge is 0.274 e. The number of aromatic nitrogens is 1. The van der Waals surface area contributed by atoms with E-state index < -0.39 is 0 Å². The van der Waals surface area contributed by atoms with E-state index in [1.807, 2.05) is 37.3 Å². The number of benzene rings is 1. The van der Waals surface area contributed by atoms with Crippen LogP contribution in [0.15, 0.2) is 30.3 Å². The predicted molar refractivity (Wildman–Crippen MR) is 79.4 cm³/mol. The van der Waals surface area contributed by atoms with Crippen LogP contribution in [-0.4, -0.2) is 23.7 Å². The number of rotatable bonds is 3. The average molecular weight is 270 g/mol. The summed E-state index contributed by atoms with van der Waals surface area (Å²) in [5.41, 5.74) is 3.34. The van der Waals surface area contributed by atoms with Crippen LogP contribution in [0, 0.1) is 13.8 Å². The number of aryl methyl sites for hydroxylation is 1. The van der Waals surface area contributed by atoms with Gasteiger partial charge in [0.05, 0.1) is 0 Å². The van der Waals surface area contributed by atoms with Gasteiger partial charge in [-0.25, -0.2) is 0 Å². The molecule has 4 nitrogen and oxygen atoms in total. The summed E-state index contributed by atoms with van der Waals surface area (Å²) in [6.07, 6.45) is 0. The van der Waals surface area contributed by atoms with E-state index in [2.05, 4.69) is 4.98 Å². The predicted octanol–water partition coefficient (Wildman–Crippen LogP) is 3.11. The van der Waals surface area contributed by atoms with Gasteiger partial charge < -0.3 is 9.88 Å². The molecule has 1 aromatic heterocycles. The molecule has 0 fully saturated rings. The molecule has 1 N–H and O–H groups in total. The number of nitrogens with zero attached hydrogens (tertiary/aromatic N) is 1. The minimum absolute atomic E-state index is 0.0299. The quantitative estimate of drug-likeness (QED) is 0.871. The molecule has 0 aliphatic heterocycles. The van der Waals surface area contributed by atoms with Crippen molar-refractivity contribution in [2.24, 2.45) is 0 Å². The summed E-state index contributed by atoms with van der Waals surface area (Å²) >= 11 is 0. The van der Waals surface area contributed by atoms with Gasteiger partial charge in [-0.15, -0.1) is 0 Å². The second kappa shape index (κ2) is 5.33. The maximum absolute atomic E-state index is 12.5. The Kier molecular flexibility index (Phi) is 3.74. The van der Waals surface area contributed by atoms with E-state index in [1.165, 1.54) is 6.92 Å². The number of carbonyl (C=O) groups is 2. The SMILES string of the molecule is CC(=O)c1c(C)[nH]c(C(=O)N(C)c2ccccc2)c1C. The molecular formula is C16H18N2O2. The molecule has 0 saturated heterocycles. The summed E-state index contributed by atoms with van der Waals surface area (Å²) in [6.45, 7) is 5.12. The van der Waals surface area contributed by atoms with Crippen molar-refractivity contribution in [2.45, 2.75) is 20.8 Å². The summed E-state index contributed by atoms with van der Waals surface area (Å²) in [5.74, 6) is -0.179. The van der Waals surface area contributed by atoms with Gasteiger partial charge in [0, 0.05) is 24.0 Å². The third kappa shape index (κ3) is 2.37. The minimum atomic E-state index is -0.149. The average Bonchev–Trinajstić information content (AvgIpc) is 2.73. The van der Waals surface area contributed by atoms with Crippen LogP contribution in [0.2, 0.25) is 0 Å². The molecule has 104 valence electrons. The molecule has 2 aromatic rings. The minimum Gasteiger partial charge on any atom is -0.354 e. The summed E-state index contributed by atoms with van der Waals surface area (Å²) in [7, 11) is 1.72. The van der Waals surface area contributed by atoms with Crippen molar-refractivity contribution < 1.29 is 9.59 Å². The van der Waals surface area contributed by atoms with Crippen molar-refractivity contribution >= 4 is 17.4 Å². The molecule has 0 saturated carbocycles. The molecule has 0 radical (unpaired) electrons. The highest BCUT2D eigenvalue weighted by Gasteiger charge is 2.22. The Labute approximate surface area is 118 Å².